The number of amides is 3. The Labute approximate surface area is 412 Å². The second-order valence-corrected chi connectivity index (χ2v) is 21.8. The number of thiophene rings is 1. The number of piperidine rings is 2. The number of benzene rings is 1. The average Bonchev–Trinajstić information content (AvgIpc) is 3.73. The van der Waals surface area contributed by atoms with Crippen LogP contribution >= 0.6 is 19.2 Å². The van der Waals surface area contributed by atoms with Crippen molar-refractivity contribution >= 4 is 71.4 Å². The fraction of sp³-hybridized carbons (Fsp3) is 0.510. The minimum atomic E-state index is -4.73. The van der Waals surface area contributed by atoms with Crippen LogP contribution in [0.15, 0.2) is 55.3 Å². The molecule has 3 fully saturated rings. The summed E-state index contributed by atoms with van der Waals surface area (Å²) >= 11 is 1.65. The Bertz CT molecular complexity index is 2690. The van der Waals surface area contributed by atoms with Crippen LogP contribution in [0.2, 0.25) is 0 Å². The van der Waals surface area contributed by atoms with Gasteiger partial charge in [-0.15, -0.1) is 11.3 Å². The van der Waals surface area contributed by atoms with Crippen LogP contribution in [0.3, 0.4) is 0 Å². The summed E-state index contributed by atoms with van der Waals surface area (Å²) in [6.07, 6.45) is 11.2. The number of carbonyl (C=O) groups excluding carboxylic acids is 3. The van der Waals surface area contributed by atoms with Gasteiger partial charge in [-0.3, -0.25) is 23.8 Å². The van der Waals surface area contributed by atoms with Crippen molar-refractivity contribution in [2.75, 3.05) is 77.8 Å². The van der Waals surface area contributed by atoms with E-state index in [4.69, 9.17) is 20.2 Å². The summed E-state index contributed by atoms with van der Waals surface area (Å²) in [4.78, 5) is 86.0. The summed E-state index contributed by atoms with van der Waals surface area (Å²) in [5.74, 6) is 0.172. The van der Waals surface area contributed by atoms with Gasteiger partial charge in [-0.2, -0.15) is 0 Å². The van der Waals surface area contributed by atoms with Crippen LogP contribution in [0.1, 0.15) is 101 Å². The van der Waals surface area contributed by atoms with E-state index in [9.17, 15) is 33.8 Å². The highest BCUT2D eigenvalue weighted by Gasteiger charge is 2.42. The number of fused-ring (bicyclic) bond motifs is 3. The number of anilines is 6. The molecular weight excluding hydrogens is 934 g/mol. The zero-order valence-corrected chi connectivity index (χ0v) is 41.8. The molecule has 4 aliphatic heterocycles. The van der Waals surface area contributed by atoms with Crippen LogP contribution in [-0.2, 0) is 38.7 Å². The summed E-state index contributed by atoms with van der Waals surface area (Å²) in [6.45, 7) is 13.8. The lowest BCUT2D eigenvalue weighted by molar-refractivity contribution is -0.111. The summed E-state index contributed by atoms with van der Waals surface area (Å²) < 4.78 is 16.7. The fourth-order valence-corrected chi connectivity index (χ4v) is 13.3. The monoisotopic (exact) mass is 997 g/mol. The third-order valence-electron chi connectivity index (χ3n) is 14.6. The highest BCUT2D eigenvalue weighted by atomic mass is 32.1. The van der Waals surface area contributed by atoms with Gasteiger partial charge >= 0.3 is 7.82 Å². The first kappa shape index (κ1) is 49.5. The van der Waals surface area contributed by atoms with Gasteiger partial charge in [0.25, 0.3) is 11.8 Å². The zero-order chi connectivity index (χ0) is 49.5. The van der Waals surface area contributed by atoms with Crippen molar-refractivity contribution in [3.63, 3.8) is 0 Å². The molecule has 1 aromatic carbocycles. The number of rotatable bonds is 14. The molecule has 70 heavy (non-hydrogen) atoms. The molecule has 7 N–H and O–H groups in total. The Balaban J connectivity index is 0.884. The van der Waals surface area contributed by atoms with Gasteiger partial charge in [0.15, 0.2) is 11.5 Å². The maximum Gasteiger partial charge on any atom is 0.470 e. The molecule has 21 heteroatoms. The van der Waals surface area contributed by atoms with Crippen LogP contribution in [0.4, 0.5) is 34.5 Å². The number of aliphatic hydroxyl groups excluding tert-OH is 1. The first-order chi connectivity index (χ1) is 33.5. The smallest absolute Gasteiger partial charge is 0.394 e. The maximum atomic E-state index is 14.1. The molecule has 3 amide bonds. The minimum absolute atomic E-state index is 0.0413. The number of phosphoric ester groups is 1. The van der Waals surface area contributed by atoms with Gasteiger partial charge in [-0.25, -0.2) is 19.5 Å². The molecule has 0 radical (unpaired) electrons. The second kappa shape index (κ2) is 20.3. The summed E-state index contributed by atoms with van der Waals surface area (Å²) in [5.41, 5.74) is 9.44. The molecule has 1 aliphatic carbocycles. The number of aliphatic hydroxyl groups is 1. The highest BCUT2D eigenvalue weighted by Crippen LogP contribution is 2.45. The number of aryl methyl sites for hydroxylation is 1. The molecule has 0 saturated carbocycles. The molecule has 2 unspecified atom stereocenters. The third-order valence-corrected chi connectivity index (χ3v) is 16.6. The van der Waals surface area contributed by atoms with Gasteiger partial charge in [0.1, 0.15) is 17.2 Å². The number of carbonyl (C=O) groups is 3. The minimum Gasteiger partial charge on any atom is -0.394 e. The van der Waals surface area contributed by atoms with Crippen molar-refractivity contribution < 1.29 is 38.4 Å². The number of pyridine rings is 1. The number of primary amides is 1. The molecule has 4 aromatic rings. The van der Waals surface area contributed by atoms with Gasteiger partial charge in [-0.05, 0) is 126 Å². The van der Waals surface area contributed by atoms with Crippen molar-refractivity contribution in [3.05, 3.63) is 87.5 Å². The Hall–Kier alpha value is -5.47. The Morgan fingerprint density at radius 2 is 1.74 bits per heavy atom. The van der Waals surface area contributed by atoms with E-state index in [2.05, 4.69) is 43.8 Å². The van der Waals surface area contributed by atoms with E-state index in [1.807, 2.05) is 34.1 Å². The average molecular weight is 998 g/mol. The molecule has 0 bridgehead atoms. The molecule has 5 aliphatic rings. The summed E-state index contributed by atoms with van der Waals surface area (Å²) in [6, 6.07) is 10.8. The van der Waals surface area contributed by atoms with Crippen molar-refractivity contribution in [2.45, 2.75) is 108 Å². The largest absolute Gasteiger partial charge is 0.470 e. The normalized spacial score (nSPS) is 21.6. The molecular formula is C49H64N11O8PS. The fourth-order valence-electron chi connectivity index (χ4n) is 11.2. The van der Waals surface area contributed by atoms with Crippen molar-refractivity contribution in [1.29, 1.82) is 0 Å². The predicted octanol–water partition coefficient (Wildman–Crippen LogP) is 5.33. The highest BCUT2D eigenvalue weighted by molar-refractivity contribution is 7.46. The molecule has 374 valence electrons. The molecule has 19 nitrogen and oxygen atoms in total. The predicted molar refractivity (Wildman–Crippen MR) is 270 cm³/mol. The van der Waals surface area contributed by atoms with Crippen molar-refractivity contribution in [3.8, 4) is 0 Å². The van der Waals surface area contributed by atoms with Gasteiger partial charge in [0.05, 0.1) is 46.8 Å². The van der Waals surface area contributed by atoms with Gasteiger partial charge < -0.3 is 50.9 Å². The number of piperazine rings is 1. The lowest BCUT2D eigenvalue weighted by Crippen LogP contribution is -2.60. The van der Waals surface area contributed by atoms with Crippen LogP contribution in [0.25, 0.3) is 0 Å². The standard InChI is InChI=1S/C49H64N11O8PS/c1-5-43(62)53-35-26-31(15-16-36(35)58-25-24-57(28-30(58)2)32-17-21-56(22-18-32)41-14-8-13-40(54-41)49(3,4)68-69(65,66)67)52-47-44(46(50)63)51-27-42(55-47)59-20-9-11-37(38(59)29-61)60-23-19-34-33-10-6-7-12-39(33)70-45(34)48(60)64/h5,8,13-16,26-27,30,32,37-38,61H,1,6-7,9-12,17-25,28-29H2,2-4H3,(H2,50,63)(H,52,55)(H,53,62)(H2,65,66,67)/t30-,37?,38?/m0/s1. The number of nitrogens with zero attached hydrogens (tertiary/aromatic N) is 8. The van der Waals surface area contributed by atoms with E-state index in [0.717, 1.165) is 100 Å². The number of phosphoric acid groups is 1. The van der Waals surface area contributed by atoms with E-state index in [1.165, 1.54) is 28.3 Å². The lowest BCUT2D eigenvalue weighted by Gasteiger charge is -2.47. The Morgan fingerprint density at radius 1 is 0.957 bits per heavy atom. The Morgan fingerprint density at radius 3 is 2.47 bits per heavy atom. The molecule has 3 aromatic heterocycles. The van der Waals surface area contributed by atoms with Gasteiger partial charge in [-0.1, -0.05) is 12.6 Å². The van der Waals surface area contributed by atoms with Crippen molar-refractivity contribution in [1.82, 2.24) is 24.8 Å². The molecule has 7 heterocycles. The van der Waals surface area contributed by atoms with Crippen molar-refractivity contribution in [2.24, 2.45) is 5.73 Å². The van der Waals surface area contributed by atoms with E-state index in [-0.39, 0.29) is 42.0 Å². The molecule has 9 rings (SSSR count). The first-order valence-electron chi connectivity index (χ1n) is 24.3. The Kier molecular flexibility index (Phi) is 14.4. The number of hydrogen-bond donors (Lipinski definition) is 6. The number of nitrogens with two attached hydrogens (primary N) is 1. The quantitative estimate of drug-likeness (QED) is 0.0691. The molecule has 3 saturated heterocycles. The maximum absolute atomic E-state index is 14.1. The van der Waals surface area contributed by atoms with E-state index in [1.54, 1.807) is 37.3 Å². The van der Waals surface area contributed by atoms with E-state index < -0.39 is 25.4 Å². The van der Waals surface area contributed by atoms with Crippen LogP contribution in [0, 0.1) is 0 Å². The summed E-state index contributed by atoms with van der Waals surface area (Å²) in [5, 5.41) is 17.2. The SMILES string of the molecule is C=CC(=O)Nc1cc(Nc2nc(N3CCCC(N4CCc5c(sc6c5CCCC6)C4=O)C3CO)cnc2C(N)=O)ccc1N1CCN(C2CCN(c3cccc(C(C)(C)OP(=O)(O)O)n3)CC2)C[C@@H]1C. The van der Waals surface area contributed by atoms with Gasteiger partial charge in [0.2, 0.25) is 5.91 Å². The first-order valence-corrected chi connectivity index (χ1v) is 26.7. The third kappa shape index (κ3) is 10.3. The second-order valence-electron chi connectivity index (χ2n) is 19.5. The van der Waals surface area contributed by atoms with E-state index in [0.29, 0.717) is 48.6 Å². The number of nitrogens with one attached hydrogen (secondary N) is 2. The number of aromatic nitrogens is 3. The van der Waals surface area contributed by atoms with E-state index >= 15 is 0 Å². The number of hydrogen-bond acceptors (Lipinski definition) is 15. The zero-order valence-electron chi connectivity index (χ0n) is 40.0. The van der Waals surface area contributed by atoms with Crippen LogP contribution < -0.4 is 31.1 Å². The lowest BCUT2D eigenvalue weighted by atomic mass is 9.89. The van der Waals surface area contributed by atoms with Gasteiger partial charge in [0, 0.05) is 68.5 Å². The van der Waals surface area contributed by atoms with Crippen LogP contribution in [0.5, 0.6) is 0 Å². The van der Waals surface area contributed by atoms with Crippen LogP contribution in [-0.4, -0.2) is 134 Å². The molecule has 0 spiro atoms. The summed E-state index contributed by atoms with van der Waals surface area (Å²) in [7, 11) is -4.73. The topological polar surface area (TPSA) is 243 Å². The molecule has 3 atom stereocenters.